The number of piperidine rings is 1. The Labute approximate surface area is 118 Å². The lowest BCUT2D eigenvalue weighted by Gasteiger charge is -2.30. The van der Waals surface area contributed by atoms with Crippen LogP contribution in [0.3, 0.4) is 0 Å². The average Bonchev–Trinajstić information content (AvgIpc) is 3.08. The van der Waals surface area contributed by atoms with Crippen molar-refractivity contribution in [3.05, 3.63) is 22.9 Å². The first kappa shape index (κ1) is 12.2. The number of aryl methyl sites for hydroxylation is 2. The Balaban J connectivity index is 1.78. The predicted molar refractivity (Wildman–Crippen MR) is 76.3 cm³/mol. The number of hydrogen-bond donors (Lipinski definition) is 1. The molecule has 2 bridgehead atoms. The van der Waals surface area contributed by atoms with Crippen LogP contribution in [0.2, 0.25) is 0 Å². The Hall–Kier alpha value is -1.58. The van der Waals surface area contributed by atoms with E-state index in [1.54, 1.807) is 0 Å². The number of aromatic carboxylic acids is 1. The van der Waals surface area contributed by atoms with Gasteiger partial charge in [0.05, 0.1) is 0 Å². The molecular formula is C16H20N2O2. The minimum atomic E-state index is -0.830. The second kappa shape index (κ2) is 4.47. The maximum atomic E-state index is 11.6. The van der Waals surface area contributed by atoms with Crippen molar-refractivity contribution in [3.63, 3.8) is 0 Å². The van der Waals surface area contributed by atoms with Crippen LogP contribution < -0.4 is 4.90 Å². The molecule has 4 nitrogen and oxygen atoms in total. The normalized spacial score (nSPS) is 27.7. The fourth-order valence-electron chi connectivity index (χ4n) is 4.18. The zero-order valence-electron chi connectivity index (χ0n) is 11.6. The number of anilines is 1. The molecule has 0 spiro atoms. The van der Waals surface area contributed by atoms with E-state index in [9.17, 15) is 9.90 Å². The maximum Gasteiger partial charge on any atom is 0.339 e. The van der Waals surface area contributed by atoms with Gasteiger partial charge in [-0.2, -0.15) is 0 Å². The first-order chi connectivity index (χ1) is 9.72. The van der Waals surface area contributed by atoms with Gasteiger partial charge in [0, 0.05) is 18.3 Å². The molecule has 0 radical (unpaired) electrons. The van der Waals surface area contributed by atoms with Gasteiger partial charge in [0.2, 0.25) is 0 Å². The van der Waals surface area contributed by atoms with E-state index in [1.807, 2.05) is 6.07 Å². The van der Waals surface area contributed by atoms with Crippen molar-refractivity contribution in [1.82, 2.24) is 4.98 Å². The summed E-state index contributed by atoms with van der Waals surface area (Å²) in [6.07, 6.45) is 8.04. The van der Waals surface area contributed by atoms with Gasteiger partial charge < -0.3 is 10.0 Å². The topological polar surface area (TPSA) is 53.4 Å². The van der Waals surface area contributed by atoms with Crippen LogP contribution in [-0.2, 0) is 12.8 Å². The molecule has 3 aliphatic rings. The second-order valence-electron chi connectivity index (χ2n) is 6.46. The third kappa shape index (κ3) is 1.81. The summed E-state index contributed by atoms with van der Waals surface area (Å²) in [4.78, 5) is 18.7. The number of rotatable bonds is 2. The lowest BCUT2D eigenvalue weighted by molar-refractivity contribution is 0.0697. The first-order valence-corrected chi connectivity index (χ1v) is 7.75. The molecule has 4 heteroatoms. The monoisotopic (exact) mass is 272 g/mol. The minimum Gasteiger partial charge on any atom is -0.478 e. The van der Waals surface area contributed by atoms with Crippen molar-refractivity contribution >= 4 is 11.8 Å². The number of fused-ring (bicyclic) bond motifs is 3. The molecule has 4 rings (SSSR count). The number of aromatic nitrogens is 1. The number of nitrogens with zero attached hydrogens (tertiary/aromatic N) is 2. The van der Waals surface area contributed by atoms with Crippen molar-refractivity contribution in [3.8, 4) is 0 Å². The standard InChI is InChI=1S/C16H20N2O2/c19-16(20)13-8-11-3-1-2-4-14(11)17-15(13)18-9-10-5-6-12(18)7-10/h8,10,12H,1-7,9H2,(H,19,20). The smallest absolute Gasteiger partial charge is 0.339 e. The molecule has 1 aromatic heterocycles. The number of carboxylic acid groups (broad SMARTS) is 1. The summed E-state index contributed by atoms with van der Waals surface area (Å²) in [5.74, 6) is 0.661. The molecular weight excluding hydrogens is 252 g/mol. The second-order valence-corrected chi connectivity index (χ2v) is 6.46. The molecule has 106 valence electrons. The van der Waals surface area contributed by atoms with Gasteiger partial charge in [-0.3, -0.25) is 0 Å². The Morgan fingerprint density at radius 2 is 2.15 bits per heavy atom. The van der Waals surface area contributed by atoms with Crippen LogP contribution in [0.1, 0.15) is 53.7 Å². The fourth-order valence-corrected chi connectivity index (χ4v) is 4.18. The fraction of sp³-hybridized carbons (Fsp3) is 0.625. The van der Waals surface area contributed by atoms with Crippen LogP contribution in [0.5, 0.6) is 0 Å². The van der Waals surface area contributed by atoms with E-state index in [0.717, 1.165) is 48.8 Å². The van der Waals surface area contributed by atoms with E-state index < -0.39 is 5.97 Å². The van der Waals surface area contributed by atoms with Crippen molar-refractivity contribution in [2.45, 2.75) is 51.0 Å². The molecule has 2 heterocycles. The van der Waals surface area contributed by atoms with E-state index in [-0.39, 0.29) is 0 Å². The Kier molecular flexibility index (Phi) is 2.72. The predicted octanol–water partition coefficient (Wildman–Crippen LogP) is 2.65. The van der Waals surface area contributed by atoms with Crippen molar-refractivity contribution in [2.24, 2.45) is 5.92 Å². The minimum absolute atomic E-state index is 0.415. The number of carbonyl (C=O) groups is 1. The quantitative estimate of drug-likeness (QED) is 0.899. The van der Waals surface area contributed by atoms with E-state index in [0.29, 0.717) is 11.6 Å². The highest BCUT2D eigenvalue weighted by atomic mass is 16.4. The van der Waals surface area contributed by atoms with E-state index >= 15 is 0 Å². The van der Waals surface area contributed by atoms with E-state index in [1.165, 1.54) is 25.7 Å². The molecule has 2 unspecified atom stereocenters. The van der Waals surface area contributed by atoms with Gasteiger partial charge in [0.25, 0.3) is 0 Å². The molecule has 1 N–H and O–H groups in total. The van der Waals surface area contributed by atoms with Crippen molar-refractivity contribution < 1.29 is 9.90 Å². The highest BCUT2D eigenvalue weighted by molar-refractivity contribution is 5.94. The average molecular weight is 272 g/mol. The van der Waals surface area contributed by atoms with Gasteiger partial charge in [0.15, 0.2) is 0 Å². The summed E-state index contributed by atoms with van der Waals surface area (Å²) in [7, 11) is 0. The molecule has 2 aliphatic carbocycles. The summed E-state index contributed by atoms with van der Waals surface area (Å²) < 4.78 is 0. The lowest BCUT2D eigenvalue weighted by Crippen LogP contribution is -2.34. The highest BCUT2D eigenvalue weighted by Gasteiger charge is 2.40. The summed E-state index contributed by atoms with van der Waals surface area (Å²) in [6, 6.07) is 2.41. The molecule has 1 saturated carbocycles. The third-order valence-corrected chi connectivity index (χ3v) is 5.19. The molecule has 1 aliphatic heterocycles. The van der Waals surface area contributed by atoms with Gasteiger partial charge in [0.1, 0.15) is 11.4 Å². The Morgan fingerprint density at radius 1 is 1.30 bits per heavy atom. The maximum absolute atomic E-state index is 11.6. The SMILES string of the molecule is O=C(O)c1cc2c(nc1N1CC3CCC1C3)CCCC2. The zero-order chi connectivity index (χ0) is 13.7. The third-order valence-electron chi connectivity index (χ3n) is 5.19. The van der Waals surface area contributed by atoms with Gasteiger partial charge >= 0.3 is 5.97 Å². The number of carboxylic acids is 1. The van der Waals surface area contributed by atoms with E-state index in [4.69, 9.17) is 4.98 Å². The lowest BCUT2D eigenvalue weighted by atomic mass is 9.94. The molecule has 2 atom stereocenters. The van der Waals surface area contributed by atoms with Gasteiger partial charge in [-0.1, -0.05) is 0 Å². The van der Waals surface area contributed by atoms with Crippen LogP contribution >= 0.6 is 0 Å². The van der Waals surface area contributed by atoms with Crippen LogP contribution in [0.15, 0.2) is 6.07 Å². The number of hydrogen-bond acceptors (Lipinski definition) is 3. The summed E-state index contributed by atoms with van der Waals surface area (Å²) in [5, 5.41) is 9.53. The van der Waals surface area contributed by atoms with Gasteiger partial charge in [-0.25, -0.2) is 9.78 Å². The molecule has 0 aromatic carbocycles. The largest absolute Gasteiger partial charge is 0.478 e. The first-order valence-electron chi connectivity index (χ1n) is 7.75. The van der Waals surface area contributed by atoms with E-state index in [2.05, 4.69) is 4.90 Å². The Bertz CT molecular complexity index is 570. The highest BCUT2D eigenvalue weighted by Crippen LogP contribution is 2.41. The molecule has 0 amide bonds. The Morgan fingerprint density at radius 3 is 2.85 bits per heavy atom. The molecule has 1 aromatic rings. The van der Waals surface area contributed by atoms with Crippen molar-refractivity contribution in [2.75, 3.05) is 11.4 Å². The van der Waals surface area contributed by atoms with Crippen LogP contribution in [0, 0.1) is 5.92 Å². The van der Waals surface area contributed by atoms with Gasteiger partial charge in [-0.15, -0.1) is 0 Å². The molecule has 20 heavy (non-hydrogen) atoms. The van der Waals surface area contributed by atoms with Crippen LogP contribution in [0.4, 0.5) is 5.82 Å². The van der Waals surface area contributed by atoms with Gasteiger partial charge in [-0.05, 0) is 62.5 Å². The molecule has 2 fully saturated rings. The summed E-state index contributed by atoms with van der Waals surface area (Å²) in [6.45, 7) is 0.997. The van der Waals surface area contributed by atoms with Crippen LogP contribution in [-0.4, -0.2) is 28.6 Å². The van der Waals surface area contributed by atoms with Crippen molar-refractivity contribution in [1.29, 1.82) is 0 Å². The zero-order valence-corrected chi connectivity index (χ0v) is 11.6. The summed E-state index contributed by atoms with van der Waals surface area (Å²) >= 11 is 0. The summed E-state index contributed by atoms with van der Waals surface area (Å²) in [5.41, 5.74) is 2.71. The number of pyridine rings is 1. The van der Waals surface area contributed by atoms with Crippen LogP contribution in [0.25, 0.3) is 0 Å². The molecule has 1 saturated heterocycles.